The number of aromatic nitrogens is 1. The summed E-state index contributed by atoms with van der Waals surface area (Å²) >= 11 is 0.893. The molecule has 0 saturated carbocycles. The average Bonchev–Trinajstić information content (AvgIpc) is 3.10. The molecule has 1 atom stereocenters. The molecular formula is C24H17F2N3O3S. The molecule has 3 aromatic rings. The molecule has 33 heavy (non-hydrogen) atoms. The number of nitriles is 1. The quantitative estimate of drug-likeness (QED) is 0.595. The Balaban J connectivity index is 2.14. The first kappa shape index (κ1) is 22.2. The molecule has 1 aliphatic heterocycles. The maximum absolute atomic E-state index is 14.8. The van der Waals surface area contributed by atoms with Crippen LogP contribution in [0.3, 0.4) is 0 Å². The number of esters is 1. The third-order valence-electron chi connectivity index (χ3n) is 5.15. The third kappa shape index (κ3) is 3.75. The third-order valence-corrected chi connectivity index (χ3v) is 6.26. The van der Waals surface area contributed by atoms with E-state index >= 15 is 0 Å². The first-order chi connectivity index (χ1) is 15.9. The van der Waals surface area contributed by atoms with Crippen molar-refractivity contribution in [3.05, 3.63) is 102 Å². The van der Waals surface area contributed by atoms with Crippen LogP contribution >= 0.6 is 11.3 Å². The van der Waals surface area contributed by atoms with Crippen LogP contribution in [0.1, 0.15) is 24.1 Å². The number of rotatable bonds is 4. The Hall–Kier alpha value is -4.03. The summed E-state index contributed by atoms with van der Waals surface area (Å²) in [6.07, 6.45) is 1.34. The zero-order valence-corrected chi connectivity index (χ0v) is 18.2. The van der Waals surface area contributed by atoms with Gasteiger partial charge in [-0.1, -0.05) is 36.4 Å². The average molecular weight is 465 g/mol. The van der Waals surface area contributed by atoms with Gasteiger partial charge < -0.3 is 10.5 Å². The van der Waals surface area contributed by atoms with E-state index in [4.69, 9.17) is 10.5 Å². The van der Waals surface area contributed by atoms with Crippen LogP contribution < -0.4 is 20.5 Å². The molecular weight excluding hydrogens is 448 g/mol. The zero-order valence-electron chi connectivity index (χ0n) is 17.3. The fourth-order valence-electron chi connectivity index (χ4n) is 3.68. The van der Waals surface area contributed by atoms with Crippen molar-refractivity contribution < 1.29 is 18.3 Å². The number of thiazole rings is 1. The summed E-state index contributed by atoms with van der Waals surface area (Å²) in [4.78, 5) is 26.2. The van der Waals surface area contributed by atoms with Crippen molar-refractivity contribution in [2.24, 2.45) is 5.73 Å². The second-order valence-electron chi connectivity index (χ2n) is 7.07. The first-order valence-corrected chi connectivity index (χ1v) is 10.7. The second kappa shape index (κ2) is 8.84. The van der Waals surface area contributed by atoms with Crippen molar-refractivity contribution in [3.8, 4) is 6.07 Å². The largest absolute Gasteiger partial charge is 0.462 e. The van der Waals surface area contributed by atoms with E-state index in [-0.39, 0.29) is 43.8 Å². The van der Waals surface area contributed by atoms with Gasteiger partial charge in [0, 0.05) is 11.1 Å². The monoisotopic (exact) mass is 465 g/mol. The van der Waals surface area contributed by atoms with Gasteiger partial charge in [0.15, 0.2) is 0 Å². The van der Waals surface area contributed by atoms with Crippen molar-refractivity contribution in [3.63, 3.8) is 0 Å². The standard InChI is InChI=1S/C24H17F2N3O3S/c1-2-32-24(31)19-20(28)15(12-27)21(14-8-4-6-10-17(14)26)29-22(30)18(33-23(19)29)11-13-7-3-5-9-16(13)25/h3-11,21H,2,28H2,1H3/b18-11+/t21-/m1/s1. The molecule has 2 heterocycles. The van der Waals surface area contributed by atoms with Crippen molar-refractivity contribution in [1.82, 2.24) is 4.57 Å². The molecule has 1 aromatic heterocycles. The van der Waals surface area contributed by atoms with E-state index in [9.17, 15) is 23.6 Å². The lowest BCUT2D eigenvalue weighted by Gasteiger charge is -2.25. The minimum Gasteiger partial charge on any atom is -0.462 e. The van der Waals surface area contributed by atoms with E-state index in [0.717, 1.165) is 15.9 Å². The molecule has 2 N–H and O–H groups in total. The van der Waals surface area contributed by atoms with Crippen LogP contribution in [0.4, 0.5) is 8.78 Å². The summed E-state index contributed by atoms with van der Waals surface area (Å²) < 4.78 is 35.5. The minimum atomic E-state index is -1.20. The fourth-order valence-corrected chi connectivity index (χ4v) is 4.84. The molecule has 0 radical (unpaired) electrons. The van der Waals surface area contributed by atoms with Crippen LogP contribution in [-0.2, 0) is 9.53 Å². The Kier molecular flexibility index (Phi) is 5.94. The van der Waals surface area contributed by atoms with E-state index in [0.29, 0.717) is 0 Å². The van der Waals surface area contributed by atoms with E-state index in [1.807, 2.05) is 6.07 Å². The van der Waals surface area contributed by atoms with Crippen molar-refractivity contribution >= 4 is 29.0 Å². The number of halogens is 2. The topological polar surface area (TPSA) is 98.1 Å². The van der Waals surface area contributed by atoms with Gasteiger partial charge in [0.1, 0.15) is 27.9 Å². The Morgan fingerprint density at radius 2 is 1.88 bits per heavy atom. The molecule has 2 aromatic carbocycles. The summed E-state index contributed by atoms with van der Waals surface area (Å²) in [6, 6.07) is 12.3. The van der Waals surface area contributed by atoms with Crippen molar-refractivity contribution in [2.45, 2.75) is 13.0 Å². The lowest BCUT2D eigenvalue weighted by Crippen LogP contribution is -2.42. The van der Waals surface area contributed by atoms with Gasteiger partial charge >= 0.3 is 5.97 Å². The van der Waals surface area contributed by atoms with Crippen LogP contribution in [0.25, 0.3) is 11.6 Å². The van der Waals surface area contributed by atoms with Gasteiger partial charge in [-0.25, -0.2) is 13.6 Å². The van der Waals surface area contributed by atoms with Gasteiger partial charge in [0.05, 0.1) is 28.5 Å². The number of hydrogen-bond donors (Lipinski definition) is 1. The molecule has 0 amide bonds. The number of carbonyl (C=O) groups excluding carboxylic acids is 1. The Bertz CT molecular complexity index is 1530. The number of fused-ring (bicyclic) bond motifs is 1. The predicted octanol–water partition coefficient (Wildman–Crippen LogP) is 2.07. The number of ether oxygens (including phenoxy) is 1. The molecule has 0 unspecified atom stereocenters. The van der Waals surface area contributed by atoms with Gasteiger partial charge in [-0.05, 0) is 25.1 Å². The van der Waals surface area contributed by atoms with Crippen LogP contribution in [0.5, 0.6) is 0 Å². The highest BCUT2D eigenvalue weighted by molar-refractivity contribution is 7.07. The number of nitrogens with zero attached hydrogens (tertiary/aromatic N) is 2. The molecule has 0 fully saturated rings. The summed E-state index contributed by atoms with van der Waals surface area (Å²) in [5, 5.41) is 9.86. The highest BCUT2D eigenvalue weighted by atomic mass is 32.1. The second-order valence-corrected chi connectivity index (χ2v) is 8.10. The molecule has 9 heteroatoms. The molecule has 0 saturated heterocycles. The Labute approximate surface area is 190 Å². The van der Waals surface area contributed by atoms with Crippen molar-refractivity contribution in [1.29, 1.82) is 5.26 Å². The highest BCUT2D eigenvalue weighted by Crippen LogP contribution is 2.32. The molecule has 0 spiro atoms. The van der Waals surface area contributed by atoms with Crippen LogP contribution in [0.2, 0.25) is 0 Å². The molecule has 1 aliphatic rings. The maximum atomic E-state index is 14.8. The van der Waals surface area contributed by atoms with Crippen LogP contribution in [-0.4, -0.2) is 17.1 Å². The van der Waals surface area contributed by atoms with E-state index in [1.165, 1.54) is 42.5 Å². The Morgan fingerprint density at radius 3 is 2.52 bits per heavy atom. The summed E-state index contributed by atoms with van der Waals surface area (Å²) in [5.74, 6) is -2.00. The maximum Gasteiger partial charge on any atom is 0.343 e. The van der Waals surface area contributed by atoms with Gasteiger partial charge in [0.25, 0.3) is 5.56 Å². The molecule has 6 nitrogen and oxygen atoms in total. The lowest BCUT2D eigenvalue weighted by molar-refractivity contribution is -0.136. The molecule has 4 rings (SSSR count). The van der Waals surface area contributed by atoms with Crippen LogP contribution in [0.15, 0.2) is 64.6 Å². The zero-order chi connectivity index (χ0) is 23.7. The number of benzene rings is 2. The number of hydrogen-bond acceptors (Lipinski definition) is 6. The number of carbonyl (C=O) groups is 1. The van der Waals surface area contributed by atoms with Gasteiger partial charge in [0.2, 0.25) is 0 Å². The number of nitrogens with two attached hydrogens (primary N) is 1. The van der Waals surface area contributed by atoms with E-state index in [2.05, 4.69) is 0 Å². The summed E-state index contributed by atoms with van der Waals surface area (Å²) in [5.41, 5.74) is 5.29. The SMILES string of the molecule is CCOC(=O)C1=c2s/c(=C/c3ccccc3F)c(=O)n2[C@H](c2ccccc2F)C(C#N)=C1N. The molecule has 166 valence electrons. The molecule has 0 bridgehead atoms. The van der Waals surface area contributed by atoms with E-state index < -0.39 is 29.2 Å². The van der Waals surface area contributed by atoms with Gasteiger partial charge in [-0.2, -0.15) is 5.26 Å². The Morgan fingerprint density at radius 1 is 1.21 bits per heavy atom. The minimum absolute atomic E-state index is 0.0397. The summed E-state index contributed by atoms with van der Waals surface area (Å²) in [6.45, 7) is 1.64. The van der Waals surface area contributed by atoms with Crippen molar-refractivity contribution in [2.75, 3.05) is 6.61 Å². The highest BCUT2D eigenvalue weighted by Gasteiger charge is 2.35. The van der Waals surface area contributed by atoms with Crippen LogP contribution in [0, 0.1) is 23.0 Å². The molecule has 0 aliphatic carbocycles. The normalized spacial score (nSPS) is 15.9. The lowest BCUT2D eigenvalue weighted by atomic mass is 9.92. The first-order valence-electron chi connectivity index (χ1n) is 9.92. The fraction of sp³-hybridized carbons (Fsp3) is 0.125. The smallest absolute Gasteiger partial charge is 0.343 e. The number of allylic oxidation sites excluding steroid dienone is 1. The predicted molar refractivity (Wildman–Crippen MR) is 119 cm³/mol. The summed E-state index contributed by atoms with van der Waals surface area (Å²) in [7, 11) is 0. The van der Waals surface area contributed by atoms with Gasteiger partial charge in [-0.3, -0.25) is 9.36 Å². The van der Waals surface area contributed by atoms with E-state index in [1.54, 1.807) is 19.1 Å². The van der Waals surface area contributed by atoms with Gasteiger partial charge in [-0.15, -0.1) is 11.3 Å².